The summed E-state index contributed by atoms with van der Waals surface area (Å²) >= 11 is 0. The van der Waals surface area contributed by atoms with Crippen LogP contribution in [-0.2, 0) is 10.3 Å². The highest BCUT2D eigenvalue weighted by Gasteiger charge is 2.30. The third-order valence-corrected chi connectivity index (χ3v) is 4.09. The molecule has 1 aromatic heterocycles. The minimum atomic E-state index is -0.831. The number of hydrogen-bond acceptors (Lipinski definition) is 4. The van der Waals surface area contributed by atoms with E-state index in [9.17, 15) is 5.11 Å². The maximum absolute atomic E-state index is 9.92. The number of rotatable bonds is 3. The van der Waals surface area contributed by atoms with Crippen LogP contribution in [0.15, 0.2) is 18.3 Å². The largest absolute Gasteiger partial charge is 0.386 e. The normalized spacial score (nSPS) is 19.5. The Morgan fingerprint density at radius 1 is 1.32 bits per heavy atom. The number of aromatic nitrogens is 1. The summed E-state index contributed by atoms with van der Waals surface area (Å²) in [7, 11) is 1.78. The first kappa shape index (κ1) is 14.3. The van der Waals surface area contributed by atoms with Crippen molar-refractivity contribution in [3.63, 3.8) is 0 Å². The van der Waals surface area contributed by atoms with Gasteiger partial charge in [0, 0.05) is 32.0 Å². The number of methoxy groups -OCH3 is 1. The third-order valence-electron chi connectivity index (χ3n) is 4.09. The van der Waals surface area contributed by atoms with Gasteiger partial charge in [-0.2, -0.15) is 0 Å². The third kappa shape index (κ3) is 3.25. The average molecular weight is 264 g/mol. The number of anilines is 1. The van der Waals surface area contributed by atoms with Gasteiger partial charge in [-0.3, -0.25) is 0 Å². The van der Waals surface area contributed by atoms with Crippen LogP contribution in [-0.4, -0.2) is 35.9 Å². The molecule has 0 unspecified atom stereocenters. The molecule has 1 saturated heterocycles. The molecule has 0 atom stereocenters. The van der Waals surface area contributed by atoms with Crippen LogP contribution in [0.1, 0.15) is 39.2 Å². The van der Waals surface area contributed by atoms with Gasteiger partial charge in [0.1, 0.15) is 5.82 Å². The fourth-order valence-corrected chi connectivity index (χ4v) is 2.35. The summed E-state index contributed by atoms with van der Waals surface area (Å²) in [6.45, 7) is 7.62. The van der Waals surface area contributed by atoms with Gasteiger partial charge in [-0.05, 0) is 39.7 Å². The Balaban J connectivity index is 2.04. The molecule has 0 bridgehead atoms. The van der Waals surface area contributed by atoms with E-state index in [-0.39, 0.29) is 5.60 Å². The highest BCUT2D eigenvalue weighted by Crippen LogP contribution is 2.28. The molecule has 0 radical (unpaired) electrons. The van der Waals surface area contributed by atoms with Crippen LogP contribution in [0.3, 0.4) is 0 Å². The molecule has 4 nitrogen and oxygen atoms in total. The molecule has 0 aliphatic carbocycles. The van der Waals surface area contributed by atoms with Crippen LogP contribution >= 0.6 is 0 Å². The highest BCUT2D eigenvalue weighted by atomic mass is 16.5. The van der Waals surface area contributed by atoms with Gasteiger partial charge in [-0.1, -0.05) is 6.07 Å². The van der Waals surface area contributed by atoms with E-state index in [1.807, 2.05) is 12.1 Å². The summed E-state index contributed by atoms with van der Waals surface area (Å²) in [6, 6.07) is 3.94. The Labute approximate surface area is 115 Å². The zero-order valence-electron chi connectivity index (χ0n) is 12.3. The number of pyridine rings is 1. The predicted molar refractivity (Wildman–Crippen MR) is 76.3 cm³/mol. The monoisotopic (exact) mass is 264 g/mol. The average Bonchev–Trinajstić information content (AvgIpc) is 2.39. The van der Waals surface area contributed by atoms with Crippen LogP contribution in [0, 0.1) is 0 Å². The summed E-state index contributed by atoms with van der Waals surface area (Å²) in [5, 5.41) is 9.92. The van der Waals surface area contributed by atoms with Gasteiger partial charge >= 0.3 is 0 Å². The molecule has 4 heteroatoms. The number of piperidine rings is 1. The number of aliphatic hydroxyl groups is 1. The second-order valence-corrected chi connectivity index (χ2v) is 6.11. The molecule has 2 rings (SSSR count). The highest BCUT2D eigenvalue weighted by molar-refractivity contribution is 5.40. The molecular weight excluding hydrogens is 240 g/mol. The molecule has 0 aromatic carbocycles. The molecule has 1 N–H and O–H groups in total. The van der Waals surface area contributed by atoms with Crippen molar-refractivity contribution in [1.82, 2.24) is 4.98 Å². The second kappa shape index (κ2) is 5.10. The van der Waals surface area contributed by atoms with E-state index in [0.29, 0.717) is 0 Å². The maximum atomic E-state index is 9.92. The summed E-state index contributed by atoms with van der Waals surface area (Å²) in [5.74, 6) is 0.978. The SMILES string of the molecule is COC1(C)CCN(c2ccc(C(C)(C)O)cn2)CC1. The van der Waals surface area contributed by atoms with Gasteiger partial charge in [0.2, 0.25) is 0 Å². The summed E-state index contributed by atoms with van der Waals surface area (Å²) in [4.78, 5) is 6.74. The van der Waals surface area contributed by atoms with Gasteiger partial charge in [0.15, 0.2) is 0 Å². The Morgan fingerprint density at radius 3 is 2.37 bits per heavy atom. The van der Waals surface area contributed by atoms with E-state index in [2.05, 4.69) is 16.8 Å². The molecular formula is C15H24N2O2. The molecule has 0 amide bonds. The Bertz CT molecular complexity index is 415. The van der Waals surface area contributed by atoms with E-state index in [0.717, 1.165) is 37.3 Å². The first-order valence-electron chi connectivity index (χ1n) is 6.83. The zero-order chi connectivity index (χ0) is 14.1. The molecule has 1 aromatic rings. The fraction of sp³-hybridized carbons (Fsp3) is 0.667. The van der Waals surface area contributed by atoms with Gasteiger partial charge < -0.3 is 14.7 Å². The number of hydrogen-bond donors (Lipinski definition) is 1. The smallest absolute Gasteiger partial charge is 0.128 e. The number of nitrogens with zero attached hydrogens (tertiary/aromatic N) is 2. The van der Waals surface area contributed by atoms with Crippen molar-refractivity contribution < 1.29 is 9.84 Å². The van der Waals surface area contributed by atoms with Crippen molar-refractivity contribution in [1.29, 1.82) is 0 Å². The van der Waals surface area contributed by atoms with Crippen LogP contribution in [0.5, 0.6) is 0 Å². The molecule has 0 spiro atoms. The predicted octanol–water partition coefficient (Wildman–Crippen LogP) is 2.31. The van der Waals surface area contributed by atoms with Crippen molar-refractivity contribution in [3.05, 3.63) is 23.9 Å². The lowest BCUT2D eigenvalue weighted by atomic mass is 9.93. The van der Waals surface area contributed by atoms with E-state index in [1.54, 1.807) is 27.2 Å². The summed E-state index contributed by atoms with van der Waals surface area (Å²) in [5.41, 5.74) is 0.0148. The summed E-state index contributed by atoms with van der Waals surface area (Å²) < 4.78 is 5.55. The Hall–Kier alpha value is -1.13. The van der Waals surface area contributed by atoms with Crippen molar-refractivity contribution in [2.45, 2.75) is 44.8 Å². The van der Waals surface area contributed by atoms with Crippen LogP contribution in [0.2, 0.25) is 0 Å². The maximum Gasteiger partial charge on any atom is 0.128 e. The first-order valence-corrected chi connectivity index (χ1v) is 6.83. The van der Waals surface area contributed by atoms with Crippen molar-refractivity contribution >= 4 is 5.82 Å². The van der Waals surface area contributed by atoms with Crippen LogP contribution < -0.4 is 4.90 Å². The molecule has 1 aliphatic rings. The zero-order valence-corrected chi connectivity index (χ0v) is 12.3. The van der Waals surface area contributed by atoms with Crippen molar-refractivity contribution in [2.24, 2.45) is 0 Å². The van der Waals surface area contributed by atoms with Crippen LogP contribution in [0.25, 0.3) is 0 Å². The lowest BCUT2D eigenvalue weighted by Crippen LogP contribution is -2.44. The lowest BCUT2D eigenvalue weighted by molar-refractivity contribution is -0.0133. The molecule has 1 aliphatic heterocycles. The van der Waals surface area contributed by atoms with E-state index in [1.165, 1.54) is 0 Å². The Morgan fingerprint density at radius 2 is 1.95 bits per heavy atom. The summed E-state index contributed by atoms with van der Waals surface area (Å²) in [6.07, 6.45) is 3.79. The minimum absolute atomic E-state index is 0.00350. The van der Waals surface area contributed by atoms with Gasteiger partial charge in [-0.25, -0.2) is 4.98 Å². The first-order chi connectivity index (χ1) is 8.84. The molecule has 0 saturated carbocycles. The van der Waals surface area contributed by atoms with Gasteiger partial charge in [0.05, 0.1) is 11.2 Å². The van der Waals surface area contributed by atoms with Gasteiger partial charge in [-0.15, -0.1) is 0 Å². The quantitative estimate of drug-likeness (QED) is 0.910. The van der Waals surface area contributed by atoms with E-state index in [4.69, 9.17) is 4.74 Å². The molecule has 1 fully saturated rings. The van der Waals surface area contributed by atoms with E-state index >= 15 is 0 Å². The van der Waals surface area contributed by atoms with Crippen molar-refractivity contribution in [2.75, 3.05) is 25.1 Å². The fourth-order valence-electron chi connectivity index (χ4n) is 2.35. The lowest BCUT2D eigenvalue weighted by Gasteiger charge is -2.39. The van der Waals surface area contributed by atoms with Crippen molar-refractivity contribution in [3.8, 4) is 0 Å². The van der Waals surface area contributed by atoms with E-state index < -0.39 is 5.60 Å². The molecule has 19 heavy (non-hydrogen) atoms. The second-order valence-electron chi connectivity index (χ2n) is 6.11. The van der Waals surface area contributed by atoms with Gasteiger partial charge in [0.25, 0.3) is 0 Å². The number of ether oxygens (including phenoxy) is 1. The molecule has 2 heterocycles. The molecule has 106 valence electrons. The standard InChI is InChI=1S/C15H24N2O2/c1-14(2,18)12-5-6-13(16-11-12)17-9-7-15(3,19-4)8-10-17/h5-6,11,18H,7-10H2,1-4H3. The minimum Gasteiger partial charge on any atom is -0.386 e. The van der Waals surface area contributed by atoms with Crippen LogP contribution in [0.4, 0.5) is 5.82 Å². The Kier molecular flexibility index (Phi) is 3.83. The topological polar surface area (TPSA) is 45.6 Å².